The molecule has 0 radical (unpaired) electrons. The van der Waals surface area contributed by atoms with Crippen molar-refractivity contribution in [1.82, 2.24) is 9.55 Å². The van der Waals surface area contributed by atoms with Crippen molar-refractivity contribution in [2.24, 2.45) is 11.8 Å². The Labute approximate surface area is 121 Å². The van der Waals surface area contributed by atoms with Gasteiger partial charge in [0.25, 0.3) is 0 Å². The van der Waals surface area contributed by atoms with Gasteiger partial charge >= 0.3 is 0 Å². The van der Waals surface area contributed by atoms with Crippen LogP contribution in [0.3, 0.4) is 0 Å². The molecule has 5 heteroatoms. The van der Waals surface area contributed by atoms with Crippen LogP contribution in [-0.4, -0.2) is 9.55 Å². The third-order valence-corrected chi connectivity index (χ3v) is 5.08. The number of fused-ring (bicyclic) bond motifs is 1. The molecule has 3 unspecified atom stereocenters. The highest BCUT2D eigenvalue weighted by atomic mass is 32.1. The molecule has 108 valence electrons. The first-order chi connectivity index (χ1) is 9.52. The van der Waals surface area contributed by atoms with E-state index in [0.717, 1.165) is 25.3 Å². The molecular weight excluding hydrogens is 278 g/mol. The van der Waals surface area contributed by atoms with Crippen molar-refractivity contribution < 1.29 is 8.78 Å². The van der Waals surface area contributed by atoms with Gasteiger partial charge in [0, 0.05) is 12.1 Å². The first kappa shape index (κ1) is 13.7. The highest BCUT2D eigenvalue weighted by Crippen LogP contribution is 2.43. The van der Waals surface area contributed by atoms with Gasteiger partial charge in [0.15, 0.2) is 10.6 Å². The molecule has 1 aliphatic carbocycles. The second kappa shape index (κ2) is 4.95. The summed E-state index contributed by atoms with van der Waals surface area (Å²) < 4.78 is 29.7. The molecular formula is C15H18F2N2S. The first-order valence-corrected chi connectivity index (χ1v) is 7.53. The number of nitrogens with zero attached hydrogens (tertiary/aromatic N) is 1. The number of H-pyrrole nitrogens is 1. The summed E-state index contributed by atoms with van der Waals surface area (Å²) in [5.41, 5.74) is 0.852. The topological polar surface area (TPSA) is 20.7 Å². The Kier molecular flexibility index (Phi) is 3.40. The SMILES string of the molecule is CCC1CCC(n2c(=S)[nH]c3c(F)cc(F)cc32)C1C. The fraction of sp³-hybridized carbons (Fsp3) is 0.533. The summed E-state index contributed by atoms with van der Waals surface area (Å²) in [7, 11) is 0. The number of halogens is 2. The van der Waals surface area contributed by atoms with Crippen molar-refractivity contribution in [1.29, 1.82) is 0 Å². The number of hydrogen-bond donors (Lipinski definition) is 1. The van der Waals surface area contributed by atoms with Crippen LogP contribution in [0.4, 0.5) is 8.78 Å². The van der Waals surface area contributed by atoms with E-state index >= 15 is 0 Å². The van der Waals surface area contributed by atoms with Gasteiger partial charge in [0.1, 0.15) is 11.3 Å². The van der Waals surface area contributed by atoms with Gasteiger partial charge in [-0.05, 0) is 43.0 Å². The smallest absolute Gasteiger partial charge is 0.178 e. The van der Waals surface area contributed by atoms with Gasteiger partial charge in [-0.15, -0.1) is 0 Å². The van der Waals surface area contributed by atoms with E-state index in [-0.39, 0.29) is 6.04 Å². The van der Waals surface area contributed by atoms with Gasteiger partial charge in [-0.2, -0.15) is 0 Å². The van der Waals surface area contributed by atoms with Crippen LogP contribution in [0, 0.1) is 28.2 Å². The summed E-state index contributed by atoms with van der Waals surface area (Å²) in [4.78, 5) is 2.89. The Morgan fingerprint density at radius 1 is 1.35 bits per heavy atom. The molecule has 1 heterocycles. The minimum absolute atomic E-state index is 0.224. The Balaban J connectivity index is 2.17. The minimum atomic E-state index is -0.581. The molecule has 1 N–H and O–H groups in total. The summed E-state index contributed by atoms with van der Waals surface area (Å²) in [6, 6.07) is 2.49. The number of aromatic nitrogens is 2. The molecule has 2 aromatic rings. The van der Waals surface area contributed by atoms with Crippen molar-refractivity contribution in [3.05, 3.63) is 28.5 Å². The van der Waals surface area contributed by atoms with Crippen LogP contribution in [0.5, 0.6) is 0 Å². The number of hydrogen-bond acceptors (Lipinski definition) is 1. The number of rotatable bonds is 2. The molecule has 0 amide bonds. The van der Waals surface area contributed by atoms with Crippen LogP contribution in [0.2, 0.25) is 0 Å². The third kappa shape index (κ3) is 1.99. The zero-order chi connectivity index (χ0) is 14.4. The van der Waals surface area contributed by atoms with Gasteiger partial charge in [-0.1, -0.05) is 20.3 Å². The summed E-state index contributed by atoms with van der Waals surface area (Å²) in [5, 5.41) is 0. The van der Waals surface area contributed by atoms with Crippen LogP contribution in [0.25, 0.3) is 11.0 Å². The lowest BCUT2D eigenvalue weighted by atomic mass is 9.93. The van der Waals surface area contributed by atoms with E-state index in [1.54, 1.807) is 0 Å². The van der Waals surface area contributed by atoms with Gasteiger partial charge in [0.05, 0.1) is 5.52 Å². The summed E-state index contributed by atoms with van der Waals surface area (Å²) in [6.07, 6.45) is 3.30. The maximum atomic E-state index is 13.8. The van der Waals surface area contributed by atoms with Gasteiger partial charge in [-0.3, -0.25) is 0 Å². The highest BCUT2D eigenvalue weighted by molar-refractivity contribution is 7.71. The molecule has 3 atom stereocenters. The second-order valence-electron chi connectivity index (χ2n) is 5.75. The molecule has 2 nitrogen and oxygen atoms in total. The molecule has 1 aromatic carbocycles. The molecule has 1 aliphatic rings. The lowest BCUT2D eigenvalue weighted by molar-refractivity contribution is 0.332. The molecule has 3 rings (SSSR count). The fourth-order valence-corrected chi connectivity index (χ4v) is 3.98. The summed E-state index contributed by atoms with van der Waals surface area (Å²) in [6.45, 7) is 4.40. The predicted octanol–water partition coefficient (Wildman–Crippen LogP) is 4.97. The van der Waals surface area contributed by atoms with Crippen LogP contribution < -0.4 is 0 Å². The van der Waals surface area contributed by atoms with E-state index in [4.69, 9.17) is 12.2 Å². The Hall–Kier alpha value is -1.23. The van der Waals surface area contributed by atoms with Gasteiger partial charge < -0.3 is 9.55 Å². The Morgan fingerprint density at radius 3 is 2.75 bits per heavy atom. The van der Waals surface area contributed by atoms with Crippen molar-refractivity contribution in [3.8, 4) is 0 Å². The third-order valence-electron chi connectivity index (χ3n) is 4.78. The highest BCUT2D eigenvalue weighted by Gasteiger charge is 2.34. The number of benzene rings is 1. The zero-order valence-corrected chi connectivity index (χ0v) is 12.4. The van der Waals surface area contributed by atoms with E-state index in [2.05, 4.69) is 18.8 Å². The fourth-order valence-electron chi connectivity index (χ4n) is 3.64. The zero-order valence-electron chi connectivity index (χ0n) is 11.6. The second-order valence-corrected chi connectivity index (χ2v) is 6.14. The number of nitrogens with one attached hydrogen (secondary N) is 1. The van der Waals surface area contributed by atoms with E-state index < -0.39 is 11.6 Å². The van der Waals surface area contributed by atoms with Gasteiger partial charge in [-0.25, -0.2) is 8.78 Å². The lowest BCUT2D eigenvalue weighted by Crippen LogP contribution is -2.15. The van der Waals surface area contributed by atoms with Crippen LogP contribution in [-0.2, 0) is 0 Å². The largest absolute Gasteiger partial charge is 0.328 e. The van der Waals surface area contributed by atoms with E-state index in [1.165, 1.54) is 6.07 Å². The molecule has 20 heavy (non-hydrogen) atoms. The van der Waals surface area contributed by atoms with Gasteiger partial charge in [0.2, 0.25) is 0 Å². The van der Waals surface area contributed by atoms with Crippen LogP contribution in [0.15, 0.2) is 12.1 Å². The standard InChI is InChI=1S/C15H18F2N2S/c1-3-9-4-5-12(8(9)2)19-13-7-10(16)6-11(17)14(13)18-15(19)20/h6-9,12H,3-5H2,1-2H3,(H,18,20). The number of imidazole rings is 1. The normalized spacial score (nSPS) is 26.5. The maximum Gasteiger partial charge on any atom is 0.178 e. The predicted molar refractivity (Wildman–Crippen MR) is 78.3 cm³/mol. The molecule has 1 saturated carbocycles. The van der Waals surface area contributed by atoms with Crippen LogP contribution in [0.1, 0.15) is 39.2 Å². The monoisotopic (exact) mass is 296 g/mol. The molecule has 1 fully saturated rings. The quantitative estimate of drug-likeness (QED) is 0.776. The van der Waals surface area contributed by atoms with E-state index in [9.17, 15) is 8.78 Å². The molecule has 0 aliphatic heterocycles. The number of aromatic amines is 1. The Bertz CT molecular complexity index is 704. The maximum absolute atomic E-state index is 13.8. The van der Waals surface area contributed by atoms with E-state index in [0.29, 0.717) is 27.6 Å². The van der Waals surface area contributed by atoms with Crippen molar-refractivity contribution in [2.75, 3.05) is 0 Å². The van der Waals surface area contributed by atoms with Crippen LogP contribution >= 0.6 is 12.2 Å². The Morgan fingerprint density at radius 2 is 2.10 bits per heavy atom. The van der Waals surface area contributed by atoms with Crippen molar-refractivity contribution in [3.63, 3.8) is 0 Å². The molecule has 0 bridgehead atoms. The van der Waals surface area contributed by atoms with Crippen molar-refractivity contribution >= 4 is 23.3 Å². The average molecular weight is 296 g/mol. The molecule has 0 saturated heterocycles. The summed E-state index contributed by atoms with van der Waals surface area (Å²) >= 11 is 5.34. The summed E-state index contributed by atoms with van der Waals surface area (Å²) in [5.74, 6) is -0.0136. The first-order valence-electron chi connectivity index (χ1n) is 7.12. The average Bonchev–Trinajstić information content (AvgIpc) is 2.90. The van der Waals surface area contributed by atoms with E-state index in [1.807, 2.05) is 4.57 Å². The minimum Gasteiger partial charge on any atom is -0.328 e. The van der Waals surface area contributed by atoms with Crippen molar-refractivity contribution in [2.45, 2.75) is 39.2 Å². The molecule has 0 spiro atoms. The lowest BCUT2D eigenvalue weighted by Gasteiger charge is -2.21. The molecule has 1 aromatic heterocycles.